The molecule has 1 aromatic rings. The van der Waals surface area contributed by atoms with Crippen molar-refractivity contribution in [2.75, 3.05) is 0 Å². The molecule has 4 heteroatoms. The molecule has 97 valence electrons. The van der Waals surface area contributed by atoms with E-state index < -0.39 is 6.29 Å². The Morgan fingerprint density at radius 3 is 2.56 bits per heavy atom. The van der Waals surface area contributed by atoms with Gasteiger partial charge in [0.1, 0.15) is 12.0 Å². The lowest BCUT2D eigenvalue weighted by molar-refractivity contribution is -0.105. The van der Waals surface area contributed by atoms with Gasteiger partial charge in [-0.25, -0.2) is 0 Å². The van der Waals surface area contributed by atoms with Crippen LogP contribution < -0.4 is 4.74 Å². The Morgan fingerprint density at radius 2 is 2.06 bits per heavy atom. The summed E-state index contributed by atoms with van der Waals surface area (Å²) in [5.74, 6) is 0.501. The van der Waals surface area contributed by atoms with Crippen LogP contribution in [0.5, 0.6) is 5.75 Å². The zero-order valence-corrected chi connectivity index (χ0v) is 10.3. The zero-order chi connectivity index (χ0) is 13.5. The topological polar surface area (TPSA) is 66.8 Å². The van der Waals surface area contributed by atoms with Crippen molar-refractivity contribution in [3.63, 3.8) is 0 Å². The molecule has 2 N–H and O–H groups in total. The van der Waals surface area contributed by atoms with Crippen molar-refractivity contribution in [3.05, 3.63) is 48.1 Å². The molecule has 0 aliphatic carbocycles. The van der Waals surface area contributed by atoms with E-state index in [1.54, 1.807) is 31.2 Å². The lowest BCUT2D eigenvalue weighted by Gasteiger charge is -2.13. The van der Waals surface area contributed by atoms with Crippen LogP contribution in [0, 0.1) is 6.10 Å². The number of rotatable bonds is 7. The molecule has 0 bridgehead atoms. The predicted molar refractivity (Wildman–Crippen MR) is 67.5 cm³/mol. The molecule has 0 spiro atoms. The molecule has 0 aliphatic rings. The number of benzene rings is 1. The van der Waals surface area contributed by atoms with Gasteiger partial charge in [0.15, 0.2) is 0 Å². The maximum absolute atomic E-state index is 10.3. The number of ether oxygens (including phenoxy) is 1. The summed E-state index contributed by atoms with van der Waals surface area (Å²) in [4.78, 5) is 10.3. The van der Waals surface area contributed by atoms with Crippen molar-refractivity contribution in [2.24, 2.45) is 0 Å². The number of hydrogen-bond acceptors (Lipinski definition) is 4. The molecule has 18 heavy (non-hydrogen) atoms. The minimum Gasteiger partial charge on any atom is -0.465 e. The third-order valence-corrected chi connectivity index (χ3v) is 2.26. The van der Waals surface area contributed by atoms with Crippen LogP contribution in [0.4, 0.5) is 0 Å². The van der Waals surface area contributed by atoms with Crippen molar-refractivity contribution in [1.82, 2.24) is 0 Å². The molecular formula is C14H17O4. The molecule has 1 unspecified atom stereocenters. The van der Waals surface area contributed by atoms with E-state index in [2.05, 4.69) is 6.58 Å². The van der Waals surface area contributed by atoms with E-state index in [0.29, 0.717) is 24.6 Å². The number of aliphatic hydroxyl groups excluding tert-OH is 2. The first-order valence-corrected chi connectivity index (χ1v) is 5.59. The normalized spacial score (nSPS) is 12.2. The second-order valence-electron chi connectivity index (χ2n) is 4.11. The van der Waals surface area contributed by atoms with Gasteiger partial charge in [0, 0.05) is 12.8 Å². The van der Waals surface area contributed by atoms with E-state index >= 15 is 0 Å². The summed E-state index contributed by atoms with van der Waals surface area (Å²) in [6.45, 7) is 5.10. The van der Waals surface area contributed by atoms with Crippen molar-refractivity contribution in [3.8, 4) is 5.75 Å². The highest BCUT2D eigenvalue weighted by atomic mass is 16.6. The molecular weight excluding hydrogens is 232 g/mol. The van der Waals surface area contributed by atoms with E-state index in [9.17, 15) is 9.90 Å². The molecule has 0 aliphatic heterocycles. The van der Waals surface area contributed by atoms with Crippen molar-refractivity contribution in [2.45, 2.75) is 26.1 Å². The van der Waals surface area contributed by atoms with Gasteiger partial charge in [-0.15, -0.1) is 0 Å². The second kappa shape index (κ2) is 6.93. The summed E-state index contributed by atoms with van der Waals surface area (Å²) in [5.41, 5.74) is 1.23. The third kappa shape index (κ3) is 5.12. The smallest absolute Gasteiger partial charge is 0.201 e. The zero-order valence-electron chi connectivity index (χ0n) is 10.3. The van der Waals surface area contributed by atoms with Crippen molar-refractivity contribution in [1.29, 1.82) is 0 Å². The maximum Gasteiger partial charge on any atom is 0.201 e. The molecule has 0 aromatic heterocycles. The molecule has 0 saturated carbocycles. The first kappa shape index (κ1) is 14.4. The Balaban J connectivity index is 2.52. The van der Waals surface area contributed by atoms with Gasteiger partial charge in [-0.2, -0.15) is 0 Å². The molecule has 0 heterocycles. The van der Waals surface area contributed by atoms with E-state index in [4.69, 9.17) is 9.84 Å². The van der Waals surface area contributed by atoms with Gasteiger partial charge < -0.3 is 14.9 Å². The number of hydrogen-bond donors (Lipinski definition) is 2. The number of carbonyl (C=O) groups is 1. The van der Waals surface area contributed by atoms with Crippen LogP contribution >= 0.6 is 0 Å². The molecule has 1 radical (unpaired) electrons. The highest BCUT2D eigenvalue weighted by Crippen LogP contribution is 2.17. The summed E-state index contributed by atoms with van der Waals surface area (Å²) in [6.07, 6.45) is 0.417. The fourth-order valence-corrected chi connectivity index (χ4v) is 1.45. The van der Waals surface area contributed by atoms with Crippen LogP contribution in [-0.4, -0.2) is 22.8 Å². The summed E-state index contributed by atoms with van der Waals surface area (Å²) in [6, 6.07) is 7.00. The van der Waals surface area contributed by atoms with Crippen molar-refractivity contribution < 1.29 is 19.7 Å². The van der Waals surface area contributed by atoms with Crippen LogP contribution in [0.1, 0.15) is 18.9 Å². The Kier molecular flexibility index (Phi) is 5.55. The minimum absolute atomic E-state index is 0.0782. The molecule has 0 fully saturated rings. The predicted octanol–water partition coefficient (Wildman–Crippen LogP) is 2.00. The lowest BCUT2D eigenvalue weighted by atomic mass is 10.1. The summed E-state index contributed by atoms with van der Waals surface area (Å²) in [7, 11) is 0. The summed E-state index contributed by atoms with van der Waals surface area (Å²) >= 11 is 0. The van der Waals surface area contributed by atoms with Gasteiger partial charge >= 0.3 is 0 Å². The second-order valence-corrected chi connectivity index (χ2v) is 4.11. The fraction of sp³-hybridized carbons (Fsp3) is 0.286. The monoisotopic (exact) mass is 249 g/mol. The van der Waals surface area contributed by atoms with E-state index in [-0.39, 0.29) is 12.0 Å². The highest BCUT2D eigenvalue weighted by molar-refractivity contribution is 5.71. The molecule has 0 amide bonds. The van der Waals surface area contributed by atoms with E-state index in [1.165, 1.54) is 0 Å². The van der Waals surface area contributed by atoms with Gasteiger partial charge in [-0.3, -0.25) is 4.79 Å². The SMILES string of the molecule is C=C(C=O)CC(O)Oc1ccc(C[C](C)O)cc1. The van der Waals surface area contributed by atoms with Crippen LogP contribution in [0.15, 0.2) is 36.4 Å². The number of aliphatic hydroxyl groups is 2. The standard InChI is InChI=1S/C14H17O4/c1-10(9-15)7-14(17)18-13-5-3-12(4-6-13)8-11(2)16/h3-6,9,14,16-17H,1,7-8H2,2H3. The average molecular weight is 249 g/mol. The Bertz CT molecular complexity index is 395. The molecule has 4 nitrogen and oxygen atoms in total. The molecule has 1 aromatic carbocycles. The van der Waals surface area contributed by atoms with Gasteiger partial charge in [-0.05, 0) is 30.2 Å². The van der Waals surface area contributed by atoms with Crippen molar-refractivity contribution >= 4 is 6.29 Å². The average Bonchev–Trinajstić information content (AvgIpc) is 2.30. The van der Waals surface area contributed by atoms with Gasteiger partial charge in [-0.1, -0.05) is 18.7 Å². The molecule has 1 rings (SSSR count). The Morgan fingerprint density at radius 1 is 1.44 bits per heavy atom. The van der Waals surface area contributed by atoms with Gasteiger partial charge in [0.25, 0.3) is 0 Å². The van der Waals surface area contributed by atoms with Crippen LogP contribution in [-0.2, 0) is 11.2 Å². The molecule has 1 atom stereocenters. The van der Waals surface area contributed by atoms with E-state index in [1.807, 2.05) is 0 Å². The number of carbonyl (C=O) groups excluding carboxylic acids is 1. The first-order chi connectivity index (χ1) is 8.51. The quantitative estimate of drug-likeness (QED) is 0.440. The third-order valence-electron chi connectivity index (χ3n) is 2.26. The highest BCUT2D eigenvalue weighted by Gasteiger charge is 2.08. The van der Waals surface area contributed by atoms with Gasteiger partial charge in [0.05, 0.1) is 6.10 Å². The lowest BCUT2D eigenvalue weighted by Crippen LogP contribution is -2.16. The fourth-order valence-electron chi connectivity index (χ4n) is 1.45. The summed E-state index contributed by atoms with van der Waals surface area (Å²) < 4.78 is 5.21. The minimum atomic E-state index is -1.08. The van der Waals surface area contributed by atoms with Gasteiger partial charge in [0.2, 0.25) is 6.29 Å². The van der Waals surface area contributed by atoms with Crippen LogP contribution in [0.2, 0.25) is 0 Å². The summed E-state index contributed by atoms with van der Waals surface area (Å²) in [5, 5.41) is 18.7. The first-order valence-electron chi connectivity index (χ1n) is 5.59. The Labute approximate surface area is 107 Å². The van der Waals surface area contributed by atoms with Crippen LogP contribution in [0.3, 0.4) is 0 Å². The maximum atomic E-state index is 10.3. The number of aldehydes is 1. The largest absolute Gasteiger partial charge is 0.465 e. The Hall–Kier alpha value is -1.65. The van der Waals surface area contributed by atoms with E-state index in [0.717, 1.165) is 5.56 Å². The van der Waals surface area contributed by atoms with Crippen LogP contribution in [0.25, 0.3) is 0 Å². The molecule has 0 saturated heterocycles.